The summed E-state index contributed by atoms with van der Waals surface area (Å²) in [5.74, 6) is 0. The largest absolute Gasteiger partial charge is 0.306 e. The van der Waals surface area contributed by atoms with E-state index in [1.165, 1.54) is 33.6 Å². The molecule has 0 spiro atoms. The summed E-state index contributed by atoms with van der Waals surface area (Å²) in [6.45, 7) is 3.25. The Bertz CT molecular complexity index is 2290. The highest BCUT2D eigenvalue weighted by molar-refractivity contribution is 6.35. The van der Waals surface area contributed by atoms with Crippen molar-refractivity contribution in [1.29, 1.82) is 0 Å². The van der Waals surface area contributed by atoms with E-state index in [9.17, 15) is 19.2 Å². The zero-order valence-electron chi connectivity index (χ0n) is 22.2. The fourth-order valence-corrected chi connectivity index (χ4v) is 5.67. The van der Waals surface area contributed by atoms with Crippen molar-refractivity contribution in [2.24, 2.45) is 0 Å². The van der Waals surface area contributed by atoms with Crippen molar-refractivity contribution < 1.29 is 0 Å². The summed E-state index contributed by atoms with van der Waals surface area (Å²) in [7, 11) is 0. The molecule has 0 aliphatic rings. The molecule has 0 radical (unpaired) electrons. The van der Waals surface area contributed by atoms with Crippen molar-refractivity contribution in [1.82, 2.24) is 29.5 Å². The second-order valence-corrected chi connectivity index (χ2v) is 11.3. The van der Waals surface area contributed by atoms with Gasteiger partial charge in [0.2, 0.25) is 0 Å². The third kappa shape index (κ3) is 4.79. The molecular weight excluding hydrogens is 638 g/mol. The summed E-state index contributed by atoms with van der Waals surface area (Å²) in [4.78, 5) is 57.9. The molecule has 4 N–H and O–H groups in total. The minimum Gasteiger partial charge on any atom is -0.306 e. The average molecular weight is 656 g/mol. The van der Waals surface area contributed by atoms with E-state index < -0.39 is 22.2 Å². The monoisotopic (exact) mass is 654 g/mol. The molecule has 0 fully saturated rings. The molecule has 2 aromatic carbocycles. The van der Waals surface area contributed by atoms with Crippen LogP contribution in [0.2, 0.25) is 20.1 Å². The maximum absolute atomic E-state index is 13.3. The van der Waals surface area contributed by atoms with Crippen LogP contribution < -0.4 is 22.2 Å². The number of hydrogen-bond acceptors (Lipinski definition) is 4. The predicted molar refractivity (Wildman–Crippen MR) is 171 cm³/mol. The van der Waals surface area contributed by atoms with Crippen LogP contribution in [0.4, 0.5) is 0 Å². The van der Waals surface area contributed by atoms with Gasteiger partial charge in [-0.2, -0.15) is 0 Å². The number of fused-ring (bicyclic) bond motifs is 2. The fourth-order valence-electron chi connectivity index (χ4n) is 4.93. The molecule has 0 unspecified atom stereocenters. The molecule has 4 heterocycles. The highest BCUT2D eigenvalue weighted by atomic mass is 35.5. The summed E-state index contributed by atoms with van der Waals surface area (Å²) in [6, 6.07) is 9.35. The van der Waals surface area contributed by atoms with Gasteiger partial charge in [-0.25, -0.2) is 9.36 Å². The molecule has 0 saturated carbocycles. The highest BCUT2D eigenvalue weighted by Crippen LogP contribution is 2.26. The van der Waals surface area contributed by atoms with Crippen LogP contribution in [-0.2, 0) is 0 Å². The Morgan fingerprint density at radius 2 is 1.05 bits per heavy atom. The zero-order valence-corrected chi connectivity index (χ0v) is 25.2. The van der Waals surface area contributed by atoms with E-state index in [1.807, 2.05) is 0 Å². The van der Waals surface area contributed by atoms with Crippen LogP contribution in [0.25, 0.3) is 45.6 Å². The summed E-state index contributed by atoms with van der Waals surface area (Å²) in [5.41, 5.74) is 3.06. The maximum atomic E-state index is 13.3. The van der Waals surface area contributed by atoms with Crippen molar-refractivity contribution >= 4 is 80.6 Å². The predicted octanol–water partition coefficient (Wildman–Crippen LogP) is 5.88. The van der Waals surface area contributed by atoms with E-state index in [-0.39, 0.29) is 43.2 Å². The second-order valence-electron chi connectivity index (χ2n) is 9.64. The molecular formula is C29H18Cl4N6O4. The van der Waals surface area contributed by atoms with Gasteiger partial charge in [0.15, 0.2) is 0 Å². The first kappa shape index (κ1) is 28.7. The summed E-state index contributed by atoms with van der Waals surface area (Å²) < 4.78 is 2.40. The third-order valence-corrected chi connectivity index (χ3v) is 8.17. The van der Waals surface area contributed by atoms with Crippen molar-refractivity contribution in [3.05, 3.63) is 126 Å². The number of aromatic amines is 4. The van der Waals surface area contributed by atoms with Gasteiger partial charge in [0.25, 0.3) is 22.2 Å². The summed E-state index contributed by atoms with van der Waals surface area (Å²) >= 11 is 24.8. The van der Waals surface area contributed by atoms with Crippen LogP contribution in [0.1, 0.15) is 22.3 Å². The van der Waals surface area contributed by atoms with Gasteiger partial charge in [0, 0.05) is 10.0 Å². The molecule has 10 nitrogen and oxygen atoms in total. The van der Waals surface area contributed by atoms with Crippen LogP contribution in [0.3, 0.4) is 0 Å². The smallest absolute Gasteiger partial charge is 0.281 e. The molecule has 4 aromatic heterocycles. The summed E-state index contributed by atoms with van der Waals surface area (Å²) in [5, 5.41) is 7.50. The maximum Gasteiger partial charge on any atom is 0.281 e. The van der Waals surface area contributed by atoms with E-state index >= 15 is 0 Å². The lowest BCUT2D eigenvalue weighted by molar-refractivity contribution is 0.858. The lowest BCUT2D eigenvalue weighted by atomic mass is 10.1. The number of nitrogens with one attached hydrogen (secondary N) is 4. The third-order valence-electron chi connectivity index (χ3n) is 7.06. The molecule has 0 bridgehead atoms. The van der Waals surface area contributed by atoms with Gasteiger partial charge >= 0.3 is 0 Å². The lowest BCUT2D eigenvalue weighted by Crippen LogP contribution is -2.16. The van der Waals surface area contributed by atoms with E-state index in [1.54, 1.807) is 38.1 Å². The minimum absolute atomic E-state index is 0.152. The van der Waals surface area contributed by atoms with Gasteiger partial charge in [-0.1, -0.05) is 46.4 Å². The van der Waals surface area contributed by atoms with Crippen LogP contribution in [0.5, 0.6) is 0 Å². The fraction of sp³-hybridized carbons (Fsp3) is 0.0690. The van der Waals surface area contributed by atoms with Gasteiger partial charge in [0.05, 0.1) is 43.3 Å². The number of pyridine rings is 2. The van der Waals surface area contributed by atoms with Crippen LogP contribution in [0.15, 0.2) is 61.3 Å². The molecule has 6 rings (SSSR count). The Hall–Kier alpha value is -4.44. The number of benzene rings is 2. The topological polar surface area (TPSA) is 141 Å². The van der Waals surface area contributed by atoms with E-state index in [0.717, 1.165) is 0 Å². The number of aryl methyl sites for hydroxylation is 2. The Morgan fingerprint density at radius 1 is 0.651 bits per heavy atom. The molecule has 0 aliphatic carbocycles. The SMILES string of the molecule is Cc1c(C=C=Cc2c(C)c3c(=O)n(-c4cc(Cl)ccc4Cl)[nH]c3[nH]c2=O)c(=O)[nH]c2[nH]n(-c3cc(Cl)ccc3Cl)c(=O)c12. The van der Waals surface area contributed by atoms with E-state index in [2.05, 4.69) is 25.9 Å². The van der Waals surface area contributed by atoms with Crippen molar-refractivity contribution in [3.8, 4) is 11.4 Å². The van der Waals surface area contributed by atoms with Crippen LogP contribution >= 0.6 is 46.4 Å². The van der Waals surface area contributed by atoms with Crippen molar-refractivity contribution in [2.75, 3.05) is 0 Å². The van der Waals surface area contributed by atoms with Crippen molar-refractivity contribution in [3.63, 3.8) is 0 Å². The number of rotatable bonds is 4. The normalized spacial score (nSPS) is 11.3. The average Bonchev–Trinajstić information content (AvgIpc) is 3.46. The number of nitrogens with zero attached hydrogens (tertiary/aromatic N) is 2. The Morgan fingerprint density at radius 3 is 1.44 bits per heavy atom. The summed E-state index contributed by atoms with van der Waals surface area (Å²) in [6.07, 6.45) is 2.72. The Kier molecular flexibility index (Phi) is 7.12. The van der Waals surface area contributed by atoms with Gasteiger partial charge in [-0.15, -0.1) is 5.73 Å². The second kappa shape index (κ2) is 10.7. The molecule has 14 heteroatoms. The van der Waals surface area contributed by atoms with Gasteiger partial charge in [-0.05, 0) is 73.5 Å². The molecule has 43 heavy (non-hydrogen) atoms. The number of halogens is 4. The van der Waals surface area contributed by atoms with Gasteiger partial charge in [-0.3, -0.25) is 29.4 Å². The highest BCUT2D eigenvalue weighted by Gasteiger charge is 2.19. The minimum atomic E-state index is -0.496. The first-order valence-corrected chi connectivity index (χ1v) is 14.1. The van der Waals surface area contributed by atoms with Gasteiger partial charge < -0.3 is 9.97 Å². The van der Waals surface area contributed by atoms with E-state index in [4.69, 9.17) is 46.4 Å². The number of H-pyrrole nitrogens is 4. The molecule has 0 atom stereocenters. The molecule has 6 aromatic rings. The first-order chi connectivity index (χ1) is 20.5. The molecule has 0 amide bonds. The number of aromatic nitrogens is 6. The molecule has 0 saturated heterocycles. The van der Waals surface area contributed by atoms with E-state index in [0.29, 0.717) is 32.5 Å². The van der Waals surface area contributed by atoms with Crippen LogP contribution in [-0.4, -0.2) is 29.5 Å². The Balaban J connectivity index is 1.46. The number of hydrogen-bond donors (Lipinski definition) is 4. The Labute approximate surface area is 260 Å². The quantitative estimate of drug-likeness (QED) is 0.176. The standard InChI is InChI=1S/C29H18Cl4N6O4/c1-12-16(26(40)34-24-22(12)28(42)38(36-24)20-10-14(30)6-8-18(20)32)4-3-5-17-13(2)23-25(35-27(17)41)37-39(29(23)43)21-11-15(31)7-9-19(21)33/h4-11H,1-2H3,(H2,34,36,40)(H2,35,37,41). The van der Waals surface area contributed by atoms with Gasteiger partial charge in [0.1, 0.15) is 11.3 Å². The molecule has 216 valence electrons. The van der Waals surface area contributed by atoms with Crippen LogP contribution in [0, 0.1) is 13.8 Å². The molecule has 0 aliphatic heterocycles. The van der Waals surface area contributed by atoms with Crippen molar-refractivity contribution in [2.45, 2.75) is 13.8 Å². The first-order valence-electron chi connectivity index (χ1n) is 12.5. The lowest BCUT2D eigenvalue weighted by Gasteiger charge is -2.04. The zero-order chi connectivity index (χ0) is 30.7.